The molecular formula is C19H23N5O3S. The zero-order valence-corrected chi connectivity index (χ0v) is 16.8. The lowest BCUT2D eigenvalue weighted by atomic mass is 10.2. The van der Waals surface area contributed by atoms with Gasteiger partial charge in [-0.15, -0.1) is 0 Å². The molecule has 1 aliphatic heterocycles. The van der Waals surface area contributed by atoms with Crippen molar-refractivity contribution < 1.29 is 4.79 Å². The largest absolute Gasteiger partial charge is 0.354 e. The van der Waals surface area contributed by atoms with Crippen LogP contribution in [0.4, 0.5) is 0 Å². The molecule has 0 spiro atoms. The molecule has 1 amide bonds. The van der Waals surface area contributed by atoms with Crippen molar-refractivity contribution in [3.63, 3.8) is 0 Å². The third kappa shape index (κ3) is 3.76. The van der Waals surface area contributed by atoms with E-state index in [0.717, 1.165) is 24.2 Å². The van der Waals surface area contributed by atoms with Crippen LogP contribution in [-0.2, 0) is 11.3 Å². The molecule has 2 aliphatic rings. The molecule has 9 heteroatoms. The van der Waals surface area contributed by atoms with Crippen molar-refractivity contribution in [3.8, 4) is 0 Å². The summed E-state index contributed by atoms with van der Waals surface area (Å²) >= 11 is 1.50. The Morgan fingerprint density at radius 3 is 2.82 bits per heavy atom. The standard InChI is InChI=1S/C19H23N5O3S/c1-11-12(2)22-19-24(18(11)27)14(9-28-19)7-16(25)20-5-6-23-10-21-15(8-17(23)26)13-3-4-13/h8,10,13-14H,3-7,9H2,1-2H3,(H,20,25). The Morgan fingerprint density at radius 1 is 1.32 bits per heavy atom. The minimum atomic E-state index is -0.193. The molecule has 1 N–H and O–H groups in total. The van der Waals surface area contributed by atoms with Crippen molar-refractivity contribution in [3.05, 3.63) is 50.1 Å². The molecule has 148 valence electrons. The molecule has 1 saturated carbocycles. The summed E-state index contributed by atoms with van der Waals surface area (Å²) in [5.41, 5.74) is 2.07. The molecule has 2 aromatic heterocycles. The van der Waals surface area contributed by atoms with Crippen LogP contribution in [0.5, 0.6) is 0 Å². The first-order valence-electron chi connectivity index (χ1n) is 9.49. The number of nitrogens with zero attached hydrogens (tertiary/aromatic N) is 4. The highest BCUT2D eigenvalue weighted by atomic mass is 32.2. The van der Waals surface area contributed by atoms with E-state index in [4.69, 9.17) is 0 Å². The number of rotatable bonds is 6. The van der Waals surface area contributed by atoms with E-state index in [2.05, 4.69) is 15.3 Å². The molecule has 1 unspecified atom stereocenters. The van der Waals surface area contributed by atoms with Gasteiger partial charge in [0.25, 0.3) is 11.1 Å². The Kier molecular flexibility index (Phi) is 5.09. The maximum absolute atomic E-state index is 12.5. The SMILES string of the molecule is Cc1nc2n(c(=O)c1C)C(CC(=O)NCCn1cnc(C3CC3)cc1=O)CS2. The van der Waals surface area contributed by atoms with E-state index in [9.17, 15) is 14.4 Å². The van der Waals surface area contributed by atoms with Crippen molar-refractivity contribution in [2.75, 3.05) is 12.3 Å². The quantitative estimate of drug-likeness (QED) is 0.729. The summed E-state index contributed by atoms with van der Waals surface area (Å²) in [5, 5.41) is 3.52. The molecule has 3 heterocycles. The predicted molar refractivity (Wildman–Crippen MR) is 106 cm³/mol. The van der Waals surface area contributed by atoms with Crippen LogP contribution in [0.2, 0.25) is 0 Å². The summed E-state index contributed by atoms with van der Waals surface area (Å²) in [6.07, 6.45) is 3.99. The van der Waals surface area contributed by atoms with Gasteiger partial charge >= 0.3 is 0 Å². The second-order valence-electron chi connectivity index (χ2n) is 7.42. The van der Waals surface area contributed by atoms with Crippen molar-refractivity contribution in [1.82, 2.24) is 24.4 Å². The lowest BCUT2D eigenvalue weighted by molar-refractivity contribution is -0.121. The highest BCUT2D eigenvalue weighted by Crippen LogP contribution is 2.38. The molecular weight excluding hydrogens is 378 g/mol. The molecule has 4 rings (SSSR count). The Bertz CT molecular complexity index is 1040. The van der Waals surface area contributed by atoms with Crippen LogP contribution >= 0.6 is 11.8 Å². The van der Waals surface area contributed by atoms with Crippen LogP contribution in [0, 0.1) is 13.8 Å². The Labute approximate surface area is 166 Å². The van der Waals surface area contributed by atoms with Gasteiger partial charge in [-0.1, -0.05) is 11.8 Å². The van der Waals surface area contributed by atoms with Gasteiger partial charge in [0.1, 0.15) is 0 Å². The predicted octanol–water partition coefficient (Wildman–Crippen LogP) is 1.15. The third-order valence-electron chi connectivity index (χ3n) is 5.31. The molecule has 8 nitrogen and oxygen atoms in total. The van der Waals surface area contributed by atoms with Gasteiger partial charge in [-0.25, -0.2) is 9.97 Å². The zero-order chi connectivity index (χ0) is 19.8. The summed E-state index contributed by atoms with van der Waals surface area (Å²) < 4.78 is 3.14. The minimum Gasteiger partial charge on any atom is -0.354 e. The third-order valence-corrected chi connectivity index (χ3v) is 6.41. The van der Waals surface area contributed by atoms with Crippen LogP contribution in [-0.4, -0.2) is 37.3 Å². The second kappa shape index (κ2) is 7.54. The smallest absolute Gasteiger partial charge is 0.257 e. The molecule has 28 heavy (non-hydrogen) atoms. The lowest BCUT2D eigenvalue weighted by Gasteiger charge is -2.14. The van der Waals surface area contributed by atoms with Gasteiger partial charge in [0.2, 0.25) is 5.91 Å². The van der Waals surface area contributed by atoms with E-state index < -0.39 is 0 Å². The molecule has 0 aromatic carbocycles. The van der Waals surface area contributed by atoms with Crippen molar-refractivity contribution in [2.45, 2.75) is 56.8 Å². The molecule has 0 radical (unpaired) electrons. The summed E-state index contributed by atoms with van der Waals surface area (Å²) in [5.74, 6) is 0.962. The number of aromatic nitrogens is 4. The number of carbonyl (C=O) groups is 1. The molecule has 1 aliphatic carbocycles. The van der Waals surface area contributed by atoms with E-state index >= 15 is 0 Å². The first-order valence-corrected chi connectivity index (χ1v) is 10.5. The van der Waals surface area contributed by atoms with Crippen LogP contribution in [0.15, 0.2) is 27.1 Å². The van der Waals surface area contributed by atoms with Gasteiger partial charge in [0.15, 0.2) is 5.16 Å². The number of aryl methyl sites for hydroxylation is 1. The fourth-order valence-corrected chi connectivity index (χ4v) is 4.52. The zero-order valence-electron chi connectivity index (χ0n) is 16.0. The van der Waals surface area contributed by atoms with Gasteiger partial charge in [0, 0.05) is 48.5 Å². The van der Waals surface area contributed by atoms with Crippen LogP contribution in [0.25, 0.3) is 0 Å². The van der Waals surface area contributed by atoms with Crippen molar-refractivity contribution in [1.29, 1.82) is 0 Å². The number of hydrogen-bond acceptors (Lipinski definition) is 6. The fourth-order valence-electron chi connectivity index (χ4n) is 3.33. The normalized spacial score (nSPS) is 18.1. The van der Waals surface area contributed by atoms with Crippen LogP contribution in [0.3, 0.4) is 0 Å². The van der Waals surface area contributed by atoms with Crippen molar-refractivity contribution in [2.24, 2.45) is 0 Å². The van der Waals surface area contributed by atoms with E-state index in [1.54, 1.807) is 23.9 Å². The monoisotopic (exact) mass is 401 g/mol. The Hall–Kier alpha value is -2.42. The first kappa shape index (κ1) is 18.9. The molecule has 0 saturated heterocycles. The average molecular weight is 401 g/mol. The van der Waals surface area contributed by atoms with Gasteiger partial charge < -0.3 is 5.32 Å². The van der Waals surface area contributed by atoms with Gasteiger partial charge in [0.05, 0.1) is 18.1 Å². The topological polar surface area (TPSA) is 98.9 Å². The molecule has 1 fully saturated rings. The fraction of sp³-hybridized carbons (Fsp3) is 0.526. The van der Waals surface area contributed by atoms with Crippen LogP contribution < -0.4 is 16.4 Å². The van der Waals surface area contributed by atoms with E-state index in [1.807, 2.05) is 6.92 Å². The maximum Gasteiger partial charge on any atom is 0.257 e. The highest BCUT2D eigenvalue weighted by molar-refractivity contribution is 7.99. The second-order valence-corrected chi connectivity index (χ2v) is 8.41. The summed E-state index contributed by atoms with van der Waals surface area (Å²) in [6, 6.07) is 1.40. The molecule has 1 atom stereocenters. The maximum atomic E-state index is 12.5. The van der Waals surface area contributed by atoms with Gasteiger partial charge in [-0.2, -0.15) is 0 Å². The number of hydrogen-bond donors (Lipinski definition) is 1. The van der Waals surface area contributed by atoms with Gasteiger partial charge in [-0.05, 0) is 26.7 Å². The van der Waals surface area contributed by atoms with Crippen LogP contribution in [0.1, 0.15) is 48.2 Å². The minimum absolute atomic E-state index is 0.0707. The Balaban J connectivity index is 1.33. The highest BCUT2D eigenvalue weighted by Gasteiger charge is 2.28. The van der Waals surface area contributed by atoms with Gasteiger partial charge in [-0.3, -0.25) is 23.5 Å². The summed E-state index contributed by atoms with van der Waals surface area (Å²) in [7, 11) is 0. The average Bonchev–Trinajstić information content (AvgIpc) is 3.44. The molecule has 0 bridgehead atoms. The number of fused-ring (bicyclic) bond motifs is 1. The lowest BCUT2D eigenvalue weighted by Crippen LogP contribution is -2.34. The number of thioether (sulfide) groups is 1. The van der Waals surface area contributed by atoms with E-state index in [0.29, 0.717) is 35.5 Å². The Morgan fingerprint density at radius 2 is 2.11 bits per heavy atom. The summed E-state index contributed by atoms with van der Waals surface area (Å²) in [4.78, 5) is 45.8. The molecule has 2 aromatic rings. The van der Waals surface area contributed by atoms with E-state index in [1.165, 1.54) is 16.3 Å². The first-order chi connectivity index (χ1) is 13.4. The van der Waals surface area contributed by atoms with E-state index in [-0.39, 0.29) is 29.5 Å². The number of amides is 1. The number of carbonyl (C=O) groups excluding carboxylic acids is 1. The van der Waals surface area contributed by atoms with Crippen molar-refractivity contribution >= 4 is 17.7 Å². The summed E-state index contributed by atoms with van der Waals surface area (Å²) in [6.45, 7) is 4.30. The number of nitrogens with one attached hydrogen (secondary N) is 1.